The van der Waals surface area contributed by atoms with Crippen molar-refractivity contribution < 1.29 is 23.5 Å². The zero-order valence-corrected chi connectivity index (χ0v) is 23.9. The standard InChI is InChI=1S/C32H33N5O5/c1-19-5-11-23(12-6-19)38-17-26-28(39-24-13-7-20(2)8-14-24)29(40-25-15-9-21(3)10-16-25)32(41-26)37-18-34-27(30(37)33)31-35-22(4)42-36-31/h5-16,18,26,28-29,32H,17,33H2,1-4H3/t26-,28-,29-,32-/m1/s1. The van der Waals surface area contributed by atoms with E-state index in [-0.39, 0.29) is 6.61 Å². The number of nitrogens with zero attached hydrogens (tertiary/aromatic N) is 4. The maximum Gasteiger partial charge on any atom is 0.224 e. The van der Waals surface area contributed by atoms with Crippen molar-refractivity contribution in [2.45, 2.75) is 52.2 Å². The van der Waals surface area contributed by atoms with Crippen LogP contribution in [0.4, 0.5) is 5.82 Å². The van der Waals surface area contributed by atoms with Gasteiger partial charge in [0.15, 0.2) is 24.1 Å². The summed E-state index contributed by atoms with van der Waals surface area (Å²) in [5, 5.41) is 3.99. The van der Waals surface area contributed by atoms with Gasteiger partial charge in [-0.25, -0.2) is 4.98 Å². The van der Waals surface area contributed by atoms with Crippen LogP contribution in [0.1, 0.15) is 28.8 Å². The van der Waals surface area contributed by atoms with E-state index in [2.05, 4.69) is 15.1 Å². The van der Waals surface area contributed by atoms with E-state index in [1.165, 1.54) is 0 Å². The van der Waals surface area contributed by atoms with Crippen LogP contribution < -0.4 is 19.9 Å². The summed E-state index contributed by atoms with van der Waals surface area (Å²) >= 11 is 0. The van der Waals surface area contributed by atoms with E-state index in [1.54, 1.807) is 17.8 Å². The monoisotopic (exact) mass is 567 g/mol. The molecule has 1 aliphatic rings. The van der Waals surface area contributed by atoms with E-state index >= 15 is 0 Å². The van der Waals surface area contributed by atoms with Gasteiger partial charge in [0.2, 0.25) is 11.7 Å². The van der Waals surface area contributed by atoms with E-state index < -0.39 is 24.5 Å². The first kappa shape index (κ1) is 27.3. The predicted octanol–water partition coefficient (Wildman–Crippen LogP) is 5.62. The molecular formula is C32H33N5O5. The molecule has 0 unspecified atom stereocenters. The van der Waals surface area contributed by atoms with Gasteiger partial charge in [-0.3, -0.25) is 4.57 Å². The summed E-state index contributed by atoms with van der Waals surface area (Å²) in [4.78, 5) is 8.78. The van der Waals surface area contributed by atoms with Crippen LogP contribution in [-0.2, 0) is 4.74 Å². The smallest absolute Gasteiger partial charge is 0.224 e. The lowest BCUT2D eigenvalue weighted by Crippen LogP contribution is -2.43. The molecule has 216 valence electrons. The third-order valence-corrected chi connectivity index (χ3v) is 7.15. The third kappa shape index (κ3) is 5.80. The third-order valence-electron chi connectivity index (χ3n) is 7.15. The van der Waals surface area contributed by atoms with Crippen LogP contribution in [0.25, 0.3) is 11.5 Å². The number of nitrogen functional groups attached to an aromatic ring is 1. The van der Waals surface area contributed by atoms with Gasteiger partial charge < -0.3 is 29.2 Å². The Labute approximate surface area is 244 Å². The Balaban J connectivity index is 1.37. The number of aromatic nitrogens is 4. The van der Waals surface area contributed by atoms with E-state index in [4.69, 9.17) is 29.2 Å². The van der Waals surface area contributed by atoms with Crippen molar-refractivity contribution in [2.24, 2.45) is 0 Å². The summed E-state index contributed by atoms with van der Waals surface area (Å²) in [6.07, 6.45) is -0.828. The Morgan fingerprint density at radius 3 is 1.86 bits per heavy atom. The summed E-state index contributed by atoms with van der Waals surface area (Å²) in [6.45, 7) is 8.02. The van der Waals surface area contributed by atoms with Crippen LogP contribution in [-0.4, -0.2) is 44.6 Å². The average Bonchev–Trinajstić information content (AvgIpc) is 3.68. The molecule has 0 radical (unpaired) electrons. The van der Waals surface area contributed by atoms with Gasteiger partial charge in [0.1, 0.15) is 35.8 Å². The zero-order valence-electron chi connectivity index (χ0n) is 23.9. The van der Waals surface area contributed by atoms with Crippen LogP contribution in [0.5, 0.6) is 17.2 Å². The molecule has 1 aliphatic heterocycles. The number of rotatable bonds is 9. The molecule has 3 aromatic carbocycles. The SMILES string of the molecule is Cc1ccc(OC[C@H]2O[C@@H](n3cnc(-c4noc(C)n4)c3N)[C@H](Oc3ccc(C)cc3)[C@@H]2Oc2ccc(C)cc2)cc1. The lowest BCUT2D eigenvalue weighted by atomic mass is 10.1. The number of ether oxygens (including phenoxy) is 4. The number of nitrogens with two attached hydrogens (primary N) is 1. The topological polar surface area (TPSA) is 120 Å². The summed E-state index contributed by atoms with van der Waals surface area (Å²) < 4.78 is 32.9. The van der Waals surface area contributed by atoms with Crippen LogP contribution in [0.3, 0.4) is 0 Å². The van der Waals surface area contributed by atoms with Gasteiger partial charge in [0.25, 0.3) is 0 Å². The molecule has 2 N–H and O–H groups in total. The summed E-state index contributed by atoms with van der Waals surface area (Å²) in [6, 6.07) is 23.6. The minimum absolute atomic E-state index is 0.218. The van der Waals surface area contributed by atoms with Crippen LogP contribution >= 0.6 is 0 Å². The van der Waals surface area contributed by atoms with Gasteiger partial charge >= 0.3 is 0 Å². The van der Waals surface area contributed by atoms with Crippen LogP contribution in [0, 0.1) is 27.7 Å². The Hall–Kier alpha value is -4.83. The Bertz CT molecular complexity index is 1630. The number of hydrogen-bond donors (Lipinski definition) is 1. The van der Waals surface area contributed by atoms with Gasteiger partial charge in [0.05, 0.1) is 6.33 Å². The highest BCUT2D eigenvalue weighted by atomic mass is 16.6. The molecule has 1 saturated heterocycles. The van der Waals surface area contributed by atoms with Crippen LogP contribution in [0.15, 0.2) is 83.6 Å². The van der Waals surface area contributed by atoms with Crippen molar-refractivity contribution in [2.75, 3.05) is 12.3 Å². The maximum atomic E-state index is 6.65. The Morgan fingerprint density at radius 2 is 1.31 bits per heavy atom. The molecule has 5 aromatic rings. The van der Waals surface area contributed by atoms with E-state index in [0.29, 0.717) is 34.7 Å². The molecule has 42 heavy (non-hydrogen) atoms. The highest BCUT2D eigenvalue weighted by molar-refractivity contribution is 5.64. The molecule has 2 aromatic heterocycles. The van der Waals surface area contributed by atoms with Gasteiger partial charge in [-0.1, -0.05) is 58.2 Å². The van der Waals surface area contributed by atoms with Gasteiger partial charge in [-0.15, -0.1) is 0 Å². The fraction of sp³-hybridized carbons (Fsp3) is 0.281. The summed E-state index contributed by atoms with van der Waals surface area (Å²) in [5.74, 6) is 3.11. The van der Waals surface area contributed by atoms with Crippen LogP contribution in [0.2, 0.25) is 0 Å². The number of imidazole rings is 1. The molecule has 3 heterocycles. The summed E-state index contributed by atoms with van der Waals surface area (Å²) in [7, 11) is 0. The molecule has 1 fully saturated rings. The summed E-state index contributed by atoms with van der Waals surface area (Å²) in [5.41, 5.74) is 10.4. The normalized spacial score (nSPS) is 20.0. The first-order valence-electron chi connectivity index (χ1n) is 13.8. The van der Waals surface area contributed by atoms with Crippen molar-refractivity contribution in [1.29, 1.82) is 0 Å². The molecule has 10 nitrogen and oxygen atoms in total. The highest BCUT2D eigenvalue weighted by Crippen LogP contribution is 2.38. The highest BCUT2D eigenvalue weighted by Gasteiger charge is 2.50. The van der Waals surface area contributed by atoms with Gasteiger partial charge in [0, 0.05) is 6.92 Å². The molecule has 6 rings (SSSR count). The number of anilines is 1. The second kappa shape index (κ2) is 11.6. The van der Waals surface area contributed by atoms with E-state index in [9.17, 15) is 0 Å². The number of benzene rings is 3. The van der Waals surface area contributed by atoms with E-state index in [1.807, 2.05) is 93.6 Å². The molecule has 0 spiro atoms. The average molecular weight is 568 g/mol. The number of hydrogen-bond acceptors (Lipinski definition) is 9. The lowest BCUT2D eigenvalue weighted by molar-refractivity contribution is -0.0441. The first-order chi connectivity index (χ1) is 20.3. The lowest BCUT2D eigenvalue weighted by Gasteiger charge is -2.27. The second-order valence-corrected chi connectivity index (χ2v) is 10.5. The predicted molar refractivity (Wildman–Crippen MR) is 156 cm³/mol. The maximum absolute atomic E-state index is 6.65. The van der Waals surface area contributed by atoms with Gasteiger partial charge in [-0.2, -0.15) is 4.98 Å². The molecule has 10 heteroatoms. The van der Waals surface area contributed by atoms with Crippen molar-refractivity contribution in [3.05, 3.63) is 102 Å². The van der Waals surface area contributed by atoms with E-state index in [0.717, 1.165) is 22.4 Å². The molecular weight excluding hydrogens is 534 g/mol. The fourth-order valence-corrected chi connectivity index (χ4v) is 4.84. The minimum Gasteiger partial charge on any atom is -0.491 e. The van der Waals surface area contributed by atoms with Crippen molar-refractivity contribution >= 4 is 5.82 Å². The number of aryl methyl sites for hydroxylation is 4. The Kier molecular flexibility index (Phi) is 7.54. The first-order valence-corrected chi connectivity index (χ1v) is 13.8. The fourth-order valence-electron chi connectivity index (χ4n) is 4.84. The van der Waals surface area contributed by atoms with Crippen molar-refractivity contribution in [3.8, 4) is 28.8 Å². The molecule has 4 atom stereocenters. The van der Waals surface area contributed by atoms with Crippen molar-refractivity contribution in [3.63, 3.8) is 0 Å². The second-order valence-electron chi connectivity index (χ2n) is 10.5. The minimum atomic E-state index is -0.706. The Morgan fingerprint density at radius 1 is 0.762 bits per heavy atom. The largest absolute Gasteiger partial charge is 0.491 e. The molecule has 0 aliphatic carbocycles. The molecule has 0 amide bonds. The molecule has 0 saturated carbocycles. The van der Waals surface area contributed by atoms with Crippen molar-refractivity contribution in [1.82, 2.24) is 19.7 Å². The van der Waals surface area contributed by atoms with Gasteiger partial charge in [-0.05, 0) is 57.2 Å². The molecule has 0 bridgehead atoms. The zero-order chi connectivity index (χ0) is 29.2. The quantitative estimate of drug-likeness (QED) is 0.242.